The lowest BCUT2D eigenvalue weighted by molar-refractivity contribution is -0.117. The van der Waals surface area contributed by atoms with Crippen molar-refractivity contribution < 1.29 is 4.79 Å². The van der Waals surface area contributed by atoms with E-state index in [9.17, 15) is 4.79 Å². The van der Waals surface area contributed by atoms with Crippen molar-refractivity contribution in [2.24, 2.45) is 16.5 Å². The lowest BCUT2D eigenvalue weighted by atomic mass is 10.2. The second kappa shape index (κ2) is 6.39. The molecule has 18 heavy (non-hydrogen) atoms. The van der Waals surface area contributed by atoms with Crippen molar-refractivity contribution in [1.29, 1.82) is 5.41 Å². The predicted molar refractivity (Wildman–Crippen MR) is 72.4 cm³/mol. The van der Waals surface area contributed by atoms with Crippen molar-refractivity contribution in [1.82, 2.24) is 0 Å². The van der Waals surface area contributed by atoms with Gasteiger partial charge in [0, 0.05) is 6.42 Å². The molecule has 0 aromatic heterocycles. The molecule has 96 valence electrons. The predicted octanol–water partition coefficient (Wildman–Crippen LogP) is 1.03. The number of hydrogen-bond donors (Lipinski definition) is 3. The number of benzene rings is 1. The molecule has 0 fully saturated rings. The Labute approximate surface area is 106 Å². The number of rotatable bonds is 3. The summed E-state index contributed by atoms with van der Waals surface area (Å²) in [6.45, 7) is 1.89. The normalized spacial score (nSPS) is 9.61. The van der Waals surface area contributed by atoms with E-state index in [0.717, 1.165) is 0 Å². The Morgan fingerprint density at radius 2 is 1.94 bits per heavy atom. The summed E-state index contributed by atoms with van der Waals surface area (Å²) in [5.41, 5.74) is 11.0. The summed E-state index contributed by atoms with van der Waals surface area (Å²) < 4.78 is 0. The minimum absolute atomic E-state index is 0.210. The maximum atomic E-state index is 12.0. The Kier molecular flexibility index (Phi) is 4.86. The highest BCUT2D eigenvalue weighted by molar-refractivity contribution is 6.17. The van der Waals surface area contributed by atoms with Crippen LogP contribution in [-0.4, -0.2) is 17.8 Å². The van der Waals surface area contributed by atoms with Gasteiger partial charge in [-0.1, -0.05) is 25.1 Å². The van der Waals surface area contributed by atoms with Gasteiger partial charge >= 0.3 is 0 Å². The van der Waals surface area contributed by atoms with Crippen molar-refractivity contribution in [2.75, 3.05) is 4.90 Å². The smallest absolute Gasteiger partial charge is 0.233 e. The van der Waals surface area contributed by atoms with Gasteiger partial charge in [0.25, 0.3) is 0 Å². The standard InChI is InChI=1S/C12H17N5O/c1-2-6-10(18)17(12(15)16-11(13)14)9-7-4-3-5-8-9/h3-5,7-8H,2,6H2,1H3,(H5,13,14,15,16). The van der Waals surface area contributed by atoms with E-state index in [4.69, 9.17) is 16.9 Å². The largest absolute Gasteiger partial charge is 0.370 e. The number of nitrogens with one attached hydrogen (secondary N) is 1. The van der Waals surface area contributed by atoms with Crippen molar-refractivity contribution in [3.8, 4) is 0 Å². The van der Waals surface area contributed by atoms with Crippen LogP contribution in [0.2, 0.25) is 0 Å². The van der Waals surface area contributed by atoms with Gasteiger partial charge in [-0.2, -0.15) is 4.99 Å². The number of anilines is 1. The first kappa shape index (κ1) is 13.7. The molecule has 1 amide bonds. The van der Waals surface area contributed by atoms with Gasteiger partial charge in [-0.05, 0) is 18.6 Å². The fourth-order valence-corrected chi connectivity index (χ4v) is 1.46. The summed E-state index contributed by atoms with van der Waals surface area (Å²) in [6, 6.07) is 8.85. The lowest BCUT2D eigenvalue weighted by Crippen LogP contribution is -2.37. The third kappa shape index (κ3) is 3.58. The first-order valence-electron chi connectivity index (χ1n) is 5.62. The van der Waals surface area contributed by atoms with E-state index in [-0.39, 0.29) is 17.8 Å². The fraction of sp³-hybridized carbons (Fsp3) is 0.250. The van der Waals surface area contributed by atoms with E-state index in [1.165, 1.54) is 4.90 Å². The van der Waals surface area contributed by atoms with E-state index >= 15 is 0 Å². The van der Waals surface area contributed by atoms with Gasteiger partial charge in [-0.3, -0.25) is 10.2 Å². The van der Waals surface area contributed by atoms with E-state index in [2.05, 4.69) is 4.99 Å². The highest BCUT2D eigenvalue weighted by atomic mass is 16.2. The van der Waals surface area contributed by atoms with Gasteiger partial charge in [-0.25, -0.2) is 4.90 Å². The molecule has 1 aromatic carbocycles. The molecule has 0 bridgehead atoms. The summed E-state index contributed by atoms with van der Waals surface area (Å²) in [5.74, 6) is -0.733. The summed E-state index contributed by atoms with van der Waals surface area (Å²) in [4.78, 5) is 16.8. The van der Waals surface area contributed by atoms with E-state index in [0.29, 0.717) is 18.5 Å². The molecule has 0 spiro atoms. The Balaban J connectivity index is 3.07. The molecular weight excluding hydrogens is 230 g/mol. The van der Waals surface area contributed by atoms with Gasteiger partial charge in [-0.15, -0.1) is 0 Å². The molecular formula is C12H17N5O. The molecule has 0 saturated carbocycles. The second-order valence-electron chi connectivity index (χ2n) is 3.67. The molecule has 0 aliphatic heterocycles. The molecule has 0 atom stereocenters. The van der Waals surface area contributed by atoms with Crippen LogP contribution in [0, 0.1) is 5.41 Å². The molecule has 0 saturated heterocycles. The van der Waals surface area contributed by atoms with Crippen LogP contribution >= 0.6 is 0 Å². The zero-order chi connectivity index (χ0) is 13.5. The SMILES string of the molecule is CCCC(=O)N(C(=N)N=C(N)N)c1ccccc1. The van der Waals surface area contributed by atoms with Crippen LogP contribution in [0.15, 0.2) is 35.3 Å². The Bertz CT molecular complexity index is 451. The molecule has 1 aromatic rings. The molecule has 0 unspecified atom stereocenters. The summed E-state index contributed by atoms with van der Waals surface area (Å²) in [6.07, 6.45) is 1.02. The third-order valence-corrected chi connectivity index (χ3v) is 2.17. The Hall–Kier alpha value is -2.37. The maximum absolute atomic E-state index is 12.0. The van der Waals surface area contributed by atoms with Crippen LogP contribution < -0.4 is 16.4 Å². The molecule has 0 heterocycles. The van der Waals surface area contributed by atoms with Crippen LogP contribution in [-0.2, 0) is 4.79 Å². The molecule has 1 rings (SSSR count). The second-order valence-corrected chi connectivity index (χ2v) is 3.67. The maximum Gasteiger partial charge on any atom is 0.233 e. The molecule has 0 radical (unpaired) electrons. The minimum atomic E-state index is -0.278. The molecule has 0 aliphatic rings. The van der Waals surface area contributed by atoms with Gasteiger partial charge < -0.3 is 11.5 Å². The highest BCUT2D eigenvalue weighted by Gasteiger charge is 2.19. The lowest BCUT2D eigenvalue weighted by Gasteiger charge is -2.20. The van der Waals surface area contributed by atoms with E-state index in [1.54, 1.807) is 24.3 Å². The fourth-order valence-electron chi connectivity index (χ4n) is 1.46. The molecule has 5 N–H and O–H groups in total. The number of nitrogens with two attached hydrogens (primary N) is 2. The van der Waals surface area contributed by atoms with E-state index in [1.807, 2.05) is 13.0 Å². The monoisotopic (exact) mass is 247 g/mol. The summed E-state index contributed by atoms with van der Waals surface area (Å²) >= 11 is 0. The van der Waals surface area contributed by atoms with Gasteiger partial charge in [0.15, 0.2) is 5.96 Å². The number of hydrogen-bond acceptors (Lipinski definition) is 2. The van der Waals surface area contributed by atoms with Crippen molar-refractivity contribution in [3.05, 3.63) is 30.3 Å². The zero-order valence-electron chi connectivity index (χ0n) is 10.3. The average molecular weight is 247 g/mol. The van der Waals surface area contributed by atoms with Gasteiger partial charge in [0.2, 0.25) is 11.9 Å². The van der Waals surface area contributed by atoms with Crippen molar-refractivity contribution in [2.45, 2.75) is 19.8 Å². The van der Waals surface area contributed by atoms with Crippen LogP contribution in [0.4, 0.5) is 5.69 Å². The topological polar surface area (TPSA) is 109 Å². The number of nitrogens with zero attached hydrogens (tertiary/aromatic N) is 2. The summed E-state index contributed by atoms with van der Waals surface area (Å²) in [5, 5.41) is 7.78. The number of para-hydroxylation sites is 1. The number of amides is 1. The third-order valence-electron chi connectivity index (χ3n) is 2.17. The first-order chi connectivity index (χ1) is 8.56. The zero-order valence-corrected chi connectivity index (χ0v) is 10.3. The molecule has 6 heteroatoms. The van der Waals surface area contributed by atoms with Crippen LogP contribution in [0.25, 0.3) is 0 Å². The Morgan fingerprint density at radius 1 is 1.33 bits per heavy atom. The minimum Gasteiger partial charge on any atom is -0.370 e. The van der Waals surface area contributed by atoms with Gasteiger partial charge in [0.05, 0.1) is 5.69 Å². The van der Waals surface area contributed by atoms with E-state index < -0.39 is 0 Å². The number of aliphatic imine (C=N–C) groups is 1. The van der Waals surface area contributed by atoms with Crippen molar-refractivity contribution >= 4 is 23.5 Å². The highest BCUT2D eigenvalue weighted by Crippen LogP contribution is 2.15. The van der Waals surface area contributed by atoms with Gasteiger partial charge in [0.1, 0.15) is 0 Å². The van der Waals surface area contributed by atoms with Crippen molar-refractivity contribution in [3.63, 3.8) is 0 Å². The van der Waals surface area contributed by atoms with Crippen LogP contribution in [0.1, 0.15) is 19.8 Å². The van der Waals surface area contributed by atoms with Crippen LogP contribution in [0.5, 0.6) is 0 Å². The Morgan fingerprint density at radius 3 is 2.44 bits per heavy atom. The quantitative estimate of drug-likeness (QED) is 0.548. The molecule has 6 nitrogen and oxygen atoms in total. The number of carbonyl (C=O) groups is 1. The summed E-state index contributed by atoms with van der Waals surface area (Å²) in [7, 11) is 0. The van der Waals surface area contributed by atoms with Crippen LogP contribution in [0.3, 0.4) is 0 Å². The number of carbonyl (C=O) groups excluding carboxylic acids is 1. The number of guanidine groups is 2. The average Bonchev–Trinajstić information content (AvgIpc) is 2.30. The first-order valence-corrected chi connectivity index (χ1v) is 5.62. The molecule has 0 aliphatic carbocycles.